The van der Waals surface area contributed by atoms with Crippen molar-refractivity contribution in [2.75, 3.05) is 19.8 Å². The summed E-state index contributed by atoms with van der Waals surface area (Å²) in [4.78, 5) is 36.7. The van der Waals surface area contributed by atoms with Gasteiger partial charge in [-0.25, -0.2) is 9.59 Å². The van der Waals surface area contributed by atoms with Crippen molar-refractivity contribution in [3.63, 3.8) is 0 Å². The highest BCUT2D eigenvalue weighted by Gasteiger charge is 2.44. The highest BCUT2D eigenvalue weighted by molar-refractivity contribution is 5.90. The molecule has 10 nitrogen and oxygen atoms in total. The minimum absolute atomic E-state index is 0.0141. The van der Waals surface area contributed by atoms with Crippen molar-refractivity contribution in [1.82, 2.24) is 15.8 Å². The number of fused-ring (bicyclic) bond motifs is 3. The summed E-state index contributed by atoms with van der Waals surface area (Å²) < 4.78 is 15.9. The van der Waals surface area contributed by atoms with Crippen LogP contribution in [-0.4, -0.2) is 53.6 Å². The topological polar surface area (TPSA) is 140 Å². The first-order valence-electron chi connectivity index (χ1n) is 11.1. The molecule has 0 radical (unpaired) electrons. The molecular formula is C25H23N3O7. The number of hydrogen-bond acceptors (Lipinski definition) is 7. The second-order valence-electron chi connectivity index (χ2n) is 8.50. The van der Waals surface area contributed by atoms with E-state index < -0.39 is 23.5 Å². The standard InChI is InChI=1S/C25H23N3O7/c29-22(30)21-11-15(35-28-21)12-26-23(31)25(9-10-33-14-25)27-24(32)34-13-20-18-7-3-1-5-16(18)17-6-2-4-8-19(17)20/h1-8,11,20H,9-10,12-14H2,(H,26,31)(H,27,32)(H,29,30). The number of carboxylic acids is 1. The lowest BCUT2D eigenvalue weighted by molar-refractivity contribution is -0.127. The largest absolute Gasteiger partial charge is 0.476 e. The first-order chi connectivity index (χ1) is 17.0. The van der Waals surface area contributed by atoms with Crippen molar-refractivity contribution in [3.8, 4) is 11.1 Å². The Morgan fingerprint density at radius 1 is 1.09 bits per heavy atom. The Morgan fingerprint density at radius 2 is 1.77 bits per heavy atom. The van der Waals surface area contributed by atoms with Gasteiger partial charge in [-0.1, -0.05) is 53.7 Å². The lowest BCUT2D eigenvalue weighted by Crippen LogP contribution is -2.59. The molecule has 1 fully saturated rings. The van der Waals surface area contributed by atoms with Crippen LogP contribution in [-0.2, 0) is 20.8 Å². The van der Waals surface area contributed by atoms with Gasteiger partial charge in [0.05, 0.1) is 13.2 Å². The van der Waals surface area contributed by atoms with Gasteiger partial charge < -0.3 is 29.7 Å². The predicted octanol–water partition coefficient (Wildman–Crippen LogP) is 2.69. The number of ether oxygens (including phenoxy) is 2. The summed E-state index contributed by atoms with van der Waals surface area (Å²) in [6.07, 6.45) is -0.458. The number of aromatic carboxylic acids is 1. The summed E-state index contributed by atoms with van der Waals surface area (Å²) in [6.45, 7) is 0.310. The Balaban J connectivity index is 1.23. The molecular weight excluding hydrogens is 454 g/mol. The van der Waals surface area contributed by atoms with E-state index in [1.54, 1.807) is 0 Å². The third-order valence-electron chi connectivity index (χ3n) is 6.34. The maximum absolute atomic E-state index is 13.0. The molecule has 2 aliphatic rings. The zero-order chi connectivity index (χ0) is 24.4. The highest BCUT2D eigenvalue weighted by Crippen LogP contribution is 2.44. The molecule has 2 amide bonds. The van der Waals surface area contributed by atoms with E-state index in [2.05, 4.69) is 27.9 Å². The number of hydrogen-bond donors (Lipinski definition) is 3. The van der Waals surface area contributed by atoms with E-state index in [1.807, 2.05) is 36.4 Å². The van der Waals surface area contributed by atoms with E-state index in [0.29, 0.717) is 6.61 Å². The second-order valence-corrected chi connectivity index (χ2v) is 8.50. The zero-order valence-corrected chi connectivity index (χ0v) is 18.7. The lowest BCUT2D eigenvalue weighted by atomic mass is 9.97. The number of aromatic nitrogens is 1. The molecule has 1 aromatic heterocycles. The van der Waals surface area contributed by atoms with E-state index >= 15 is 0 Å². The predicted molar refractivity (Wildman–Crippen MR) is 122 cm³/mol. The molecule has 2 aromatic carbocycles. The zero-order valence-electron chi connectivity index (χ0n) is 18.7. The third-order valence-corrected chi connectivity index (χ3v) is 6.34. The molecule has 1 saturated heterocycles. The van der Waals surface area contributed by atoms with Gasteiger partial charge in [0.15, 0.2) is 11.5 Å². The maximum Gasteiger partial charge on any atom is 0.408 e. The smallest absolute Gasteiger partial charge is 0.408 e. The Morgan fingerprint density at radius 3 is 2.37 bits per heavy atom. The minimum Gasteiger partial charge on any atom is -0.476 e. The first kappa shape index (κ1) is 22.6. The van der Waals surface area contributed by atoms with Crippen LogP contribution in [0.2, 0.25) is 0 Å². The average molecular weight is 477 g/mol. The van der Waals surface area contributed by atoms with E-state index in [-0.39, 0.29) is 43.6 Å². The molecule has 35 heavy (non-hydrogen) atoms. The quantitative estimate of drug-likeness (QED) is 0.472. The maximum atomic E-state index is 13.0. The van der Waals surface area contributed by atoms with Crippen molar-refractivity contribution >= 4 is 18.0 Å². The van der Waals surface area contributed by atoms with E-state index in [9.17, 15) is 14.4 Å². The molecule has 1 aliphatic heterocycles. The summed E-state index contributed by atoms with van der Waals surface area (Å²) in [7, 11) is 0. The summed E-state index contributed by atoms with van der Waals surface area (Å²) in [5, 5.41) is 17.7. The number of alkyl carbamates (subject to hydrolysis) is 1. The molecule has 10 heteroatoms. The molecule has 3 N–H and O–H groups in total. The van der Waals surface area contributed by atoms with Crippen molar-refractivity contribution < 1.29 is 33.5 Å². The summed E-state index contributed by atoms with van der Waals surface area (Å²) in [5.74, 6) is -1.65. The minimum atomic E-state index is -1.31. The number of carbonyl (C=O) groups is 3. The van der Waals surface area contributed by atoms with Gasteiger partial charge in [-0.3, -0.25) is 4.79 Å². The van der Waals surface area contributed by atoms with Crippen molar-refractivity contribution in [2.45, 2.75) is 24.4 Å². The van der Waals surface area contributed by atoms with Gasteiger partial charge in [0.2, 0.25) is 5.91 Å². The molecule has 2 heterocycles. The van der Waals surface area contributed by atoms with Gasteiger partial charge in [0, 0.05) is 25.0 Å². The van der Waals surface area contributed by atoms with Crippen molar-refractivity contribution in [3.05, 3.63) is 77.2 Å². The Bertz CT molecular complexity index is 1230. The van der Waals surface area contributed by atoms with Crippen LogP contribution in [0.3, 0.4) is 0 Å². The fourth-order valence-electron chi connectivity index (χ4n) is 4.56. The number of carboxylic acid groups (broad SMARTS) is 1. The highest BCUT2D eigenvalue weighted by atomic mass is 16.6. The van der Waals surface area contributed by atoms with Crippen LogP contribution in [0.5, 0.6) is 0 Å². The van der Waals surface area contributed by atoms with Gasteiger partial charge in [-0.05, 0) is 22.3 Å². The fraction of sp³-hybridized carbons (Fsp3) is 0.280. The van der Waals surface area contributed by atoms with Crippen LogP contribution in [0.25, 0.3) is 11.1 Å². The molecule has 0 bridgehead atoms. The Kier molecular flexibility index (Phi) is 5.96. The molecule has 0 saturated carbocycles. The van der Waals surface area contributed by atoms with E-state index in [1.165, 1.54) is 6.07 Å². The van der Waals surface area contributed by atoms with Crippen molar-refractivity contribution in [1.29, 1.82) is 0 Å². The van der Waals surface area contributed by atoms with Gasteiger partial charge >= 0.3 is 12.1 Å². The lowest BCUT2D eigenvalue weighted by Gasteiger charge is -2.27. The summed E-state index contributed by atoms with van der Waals surface area (Å²) in [6, 6.07) is 17.3. The summed E-state index contributed by atoms with van der Waals surface area (Å²) >= 11 is 0. The number of benzene rings is 2. The van der Waals surface area contributed by atoms with Crippen LogP contribution in [0.15, 0.2) is 59.1 Å². The van der Waals surface area contributed by atoms with Crippen LogP contribution < -0.4 is 10.6 Å². The monoisotopic (exact) mass is 477 g/mol. The molecule has 0 spiro atoms. The number of amides is 2. The summed E-state index contributed by atoms with van der Waals surface area (Å²) in [5.41, 5.74) is 2.85. The number of nitrogens with zero attached hydrogens (tertiary/aromatic N) is 1. The third kappa shape index (κ3) is 4.35. The molecule has 1 atom stereocenters. The van der Waals surface area contributed by atoms with Gasteiger partial charge in [0.1, 0.15) is 12.1 Å². The van der Waals surface area contributed by atoms with Gasteiger partial charge in [-0.15, -0.1) is 0 Å². The molecule has 180 valence electrons. The van der Waals surface area contributed by atoms with Crippen LogP contribution >= 0.6 is 0 Å². The number of nitrogens with one attached hydrogen (secondary N) is 2. The Hall–Kier alpha value is -4.18. The Labute approximate surface area is 200 Å². The molecule has 5 rings (SSSR count). The normalized spacial score (nSPS) is 18.5. The van der Waals surface area contributed by atoms with E-state index in [4.69, 9.17) is 19.1 Å². The SMILES string of the molecule is O=C(NC1(C(=O)NCc2cc(C(=O)O)no2)CCOC1)OCC1c2ccccc2-c2ccccc21. The van der Waals surface area contributed by atoms with Crippen LogP contribution in [0.1, 0.15) is 39.7 Å². The van der Waals surface area contributed by atoms with Gasteiger partial charge in [0.25, 0.3) is 0 Å². The second kappa shape index (κ2) is 9.22. The first-order valence-corrected chi connectivity index (χ1v) is 11.1. The number of rotatable bonds is 7. The molecule has 1 unspecified atom stereocenters. The average Bonchev–Trinajstić information content (AvgIpc) is 3.60. The van der Waals surface area contributed by atoms with Gasteiger partial charge in [-0.2, -0.15) is 0 Å². The van der Waals surface area contributed by atoms with Crippen molar-refractivity contribution in [2.24, 2.45) is 0 Å². The molecule has 3 aromatic rings. The van der Waals surface area contributed by atoms with Crippen LogP contribution in [0.4, 0.5) is 4.79 Å². The number of carbonyl (C=O) groups excluding carboxylic acids is 2. The fourth-order valence-corrected chi connectivity index (χ4v) is 4.56. The van der Waals surface area contributed by atoms with E-state index in [0.717, 1.165) is 22.3 Å². The van der Waals surface area contributed by atoms with Crippen LogP contribution in [0, 0.1) is 0 Å². The molecule has 1 aliphatic carbocycles.